The monoisotopic (exact) mass is 407 g/mol. The average molecular weight is 408 g/mol. The van der Waals surface area contributed by atoms with Crippen LogP contribution in [0.3, 0.4) is 0 Å². The van der Waals surface area contributed by atoms with Gasteiger partial charge in [-0.25, -0.2) is 4.98 Å². The van der Waals surface area contributed by atoms with E-state index in [4.69, 9.17) is 16.6 Å². The molecule has 0 aliphatic carbocycles. The standard InChI is InChI=1S/C22H18ClN3OS/c23-17-8-6-7-16(13-17)14-24-21(27)15-28-22-25-19-11-4-5-12-20(19)26(22)18-9-2-1-3-10-18/h1-13H,14-15H2,(H,24,27). The van der Waals surface area contributed by atoms with Crippen LogP contribution >= 0.6 is 23.4 Å². The zero-order chi connectivity index (χ0) is 19.3. The lowest BCUT2D eigenvalue weighted by Crippen LogP contribution is -2.24. The van der Waals surface area contributed by atoms with Crippen molar-refractivity contribution in [1.29, 1.82) is 0 Å². The molecule has 0 spiro atoms. The molecule has 0 unspecified atom stereocenters. The van der Waals surface area contributed by atoms with Gasteiger partial charge in [0.1, 0.15) is 0 Å². The van der Waals surface area contributed by atoms with Gasteiger partial charge in [0, 0.05) is 17.3 Å². The molecule has 28 heavy (non-hydrogen) atoms. The summed E-state index contributed by atoms with van der Waals surface area (Å²) in [5.74, 6) is 0.244. The zero-order valence-corrected chi connectivity index (χ0v) is 16.6. The number of nitrogens with zero attached hydrogens (tertiary/aromatic N) is 2. The van der Waals surface area contributed by atoms with Crippen LogP contribution in [-0.2, 0) is 11.3 Å². The molecular formula is C22H18ClN3OS. The third kappa shape index (κ3) is 4.21. The van der Waals surface area contributed by atoms with Crippen molar-refractivity contribution in [3.8, 4) is 5.69 Å². The number of hydrogen-bond donors (Lipinski definition) is 1. The molecule has 1 amide bonds. The smallest absolute Gasteiger partial charge is 0.230 e. The highest BCUT2D eigenvalue weighted by Gasteiger charge is 2.14. The Kier molecular flexibility index (Phi) is 5.65. The molecule has 0 aliphatic rings. The molecule has 0 fully saturated rings. The van der Waals surface area contributed by atoms with Gasteiger partial charge in [0.25, 0.3) is 0 Å². The fourth-order valence-corrected chi connectivity index (χ4v) is 4.03. The Morgan fingerprint density at radius 1 is 1.00 bits per heavy atom. The second-order valence-electron chi connectivity index (χ2n) is 6.25. The lowest BCUT2D eigenvalue weighted by Gasteiger charge is -2.09. The van der Waals surface area contributed by atoms with Gasteiger partial charge in [0.2, 0.25) is 5.91 Å². The first-order valence-corrected chi connectivity index (χ1v) is 10.2. The molecule has 0 bridgehead atoms. The van der Waals surface area contributed by atoms with E-state index in [0.29, 0.717) is 11.6 Å². The second-order valence-corrected chi connectivity index (χ2v) is 7.63. The second kappa shape index (κ2) is 8.50. The summed E-state index contributed by atoms with van der Waals surface area (Å²) in [5.41, 5.74) is 3.93. The van der Waals surface area contributed by atoms with Crippen LogP contribution in [0.5, 0.6) is 0 Å². The topological polar surface area (TPSA) is 46.9 Å². The molecule has 4 nitrogen and oxygen atoms in total. The fraction of sp³-hybridized carbons (Fsp3) is 0.0909. The zero-order valence-electron chi connectivity index (χ0n) is 15.0. The molecule has 1 aromatic heterocycles. The summed E-state index contributed by atoms with van der Waals surface area (Å²) in [6.45, 7) is 0.453. The highest BCUT2D eigenvalue weighted by Crippen LogP contribution is 2.27. The van der Waals surface area contributed by atoms with Crippen molar-refractivity contribution in [2.45, 2.75) is 11.7 Å². The summed E-state index contributed by atoms with van der Waals surface area (Å²) in [6, 6.07) is 25.5. The number of halogens is 1. The Labute approximate surface area is 172 Å². The van der Waals surface area contributed by atoms with Crippen molar-refractivity contribution in [2.75, 3.05) is 5.75 Å². The van der Waals surface area contributed by atoms with E-state index in [2.05, 4.69) is 9.88 Å². The summed E-state index contributed by atoms with van der Waals surface area (Å²) >= 11 is 7.42. The number of amides is 1. The molecule has 1 N–H and O–H groups in total. The van der Waals surface area contributed by atoms with Gasteiger partial charge >= 0.3 is 0 Å². The van der Waals surface area contributed by atoms with Crippen molar-refractivity contribution in [3.05, 3.63) is 89.4 Å². The molecule has 4 rings (SSSR count). The van der Waals surface area contributed by atoms with Crippen molar-refractivity contribution < 1.29 is 4.79 Å². The number of rotatable bonds is 6. The van der Waals surface area contributed by atoms with Gasteiger partial charge in [-0.05, 0) is 42.0 Å². The van der Waals surface area contributed by atoms with Crippen molar-refractivity contribution in [3.63, 3.8) is 0 Å². The van der Waals surface area contributed by atoms with Gasteiger partial charge in [-0.1, -0.05) is 65.8 Å². The molecule has 4 aromatic rings. The van der Waals surface area contributed by atoms with Gasteiger partial charge in [0.15, 0.2) is 5.16 Å². The average Bonchev–Trinajstić information content (AvgIpc) is 3.10. The Hall–Kier alpha value is -2.76. The molecule has 1 heterocycles. The van der Waals surface area contributed by atoms with Gasteiger partial charge in [0.05, 0.1) is 16.8 Å². The number of thioether (sulfide) groups is 1. The lowest BCUT2D eigenvalue weighted by atomic mass is 10.2. The first kappa shape index (κ1) is 18.6. The van der Waals surface area contributed by atoms with Crippen LogP contribution in [0.15, 0.2) is 84.0 Å². The Bertz CT molecular complexity index is 1110. The summed E-state index contributed by atoms with van der Waals surface area (Å²) in [7, 11) is 0. The van der Waals surface area contributed by atoms with E-state index >= 15 is 0 Å². The number of hydrogen-bond acceptors (Lipinski definition) is 3. The molecule has 0 aliphatic heterocycles. The van der Waals surface area contributed by atoms with Gasteiger partial charge < -0.3 is 5.32 Å². The number of aromatic nitrogens is 2. The van der Waals surface area contributed by atoms with Crippen LogP contribution in [0.1, 0.15) is 5.56 Å². The molecule has 6 heteroatoms. The van der Waals surface area contributed by atoms with Crippen molar-refractivity contribution in [2.24, 2.45) is 0 Å². The minimum absolute atomic E-state index is 0.0448. The maximum Gasteiger partial charge on any atom is 0.230 e. The number of imidazole rings is 1. The van der Waals surface area contributed by atoms with E-state index in [1.54, 1.807) is 0 Å². The van der Waals surface area contributed by atoms with Crippen LogP contribution in [-0.4, -0.2) is 21.2 Å². The number of carbonyl (C=O) groups excluding carboxylic acids is 1. The van der Waals surface area contributed by atoms with Gasteiger partial charge in [-0.15, -0.1) is 0 Å². The maximum absolute atomic E-state index is 12.3. The Morgan fingerprint density at radius 3 is 2.61 bits per heavy atom. The van der Waals surface area contributed by atoms with Crippen LogP contribution in [0.2, 0.25) is 5.02 Å². The summed E-state index contributed by atoms with van der Waals surface area (Å²) < 4.78 is 2.09. The maximum atomic E-state index is 12.3. The normalized spacial score (nSPS) is 10.9. The molecule has 0 saturated heterocycles. The largest absolute Gasteiger partial charge is 0.351 e. The van der Waals surface area contributed by atoms with Crippen LogP contribution in [0.4, 0.5) is 0 Å². The van der Waals surface area contributed by atoms with Crippen LogP contribution in [0.25, 0.3) is 16.7 Å². The Balaban J connectivity index is 1.49. The Morgan fingerprint density at radius 2 is 1.79 bits per heavy atom. The van der Waals surface area contributed by atoms with E-state index < -0.39 is 0 Å². The molecule has 0 radical (unpaired) electrons. The minimum atomic E-state index is -0.0448. The number of carbonyl (C=O) groups is 1. The SMILES string of the molecule is O=C(CSc1nc2ccccc2n1-c1ccccc1)NCc1cccc(Cl)c1. The molecule has 0 saturated carbocycles. The number of nitrogens with one attached hydrogen (secondary N) is 1. The van der Waals surface area contributed by atoms with E-state index in [9.17, 15) is 4.79 Å². The highest BCUT2D eigenvalue weighted by atomic mass is 35.5. The van der Waals surface area contributed by atoms with Crippen LogP contribution in [0, 0.1) is 0 Å². The fourth-order valence-electron chi connectivity index (χ4n) is 2.96. The number of benzene rings is 3. The minimum Gasteiger partial charge on any atom is -0.351 e. The van der Waals surface area contributed by atoms with E-state index in [1.165, 1.54) is 11.8 Å². The predicted molar refractivity (Wildman–Crippen MR) is 115 cm³/mol. The first-order chi connectivity index (χ1) is 13.7. The van der Waals surface area contributed by atoms with E-state index in [1.807, 2.05) is 78.9 Å². The summed E-state index contributed by atoms with van der Waals surface area (Å²) in [5, 5.41) is 4.40. The quantitative estimate of drug-likeness (QED) is 0.453. The lowest BCUT2D eigenvalue weighted by molar-refractivity contribution is -0.118. The molecule has 140 valence electrons. The van der Waals surface area contributed by atoms with Gasteiger partial charge in [-0.3, -0.25) is 9.36 Å². The summed E-state index contributed by atoms with van der Waals surface area (Å²) in [4.78, 5) is 17.1. The highest BCUT2D eigenvalue weighted by molar-refractivity contribution is 7.99. The third-order valence-corrected chi connectivity index (χ3v) is 5.43. The molecule has 0 atom stereocenters. The predicted octanol–water partition coefficient (Wildman–Crippen LogP) is 5.09. The van der Waals surface area contributed by atoms with Crippen LogP contribution < -0.4 is 5.32 Å². The van der Waals surface area contributed by atoms with Crippen molar-refractivity contribution in [1.82, 2.24) is 14.9 Å². The number of fused-ring (bicyclic) bond motifs is 1. The number of para-hydroxylation sites is 3. The summed E-state index contributed by atoms with van der Waals surface area (Å²) in [6.07, 6.45) is 0. The molecule has 3 aromatic carbocycles. The third-order valence-electron chi connectivity index (χ3n) is 4.26. The van der Waals surface area contributed by atoms with E-state index in [-0.39, 0.29) is 11.7 Å². The van der Waals surface area contributed by atoms with Gasteiger partial charge in [-0.2, -0.15) is 0 Å². The van der Waals surface area contributed by atoms with Crippen molar-refractivity contribution >= 4 is 40.3 Å². The molecular weight excluding hydrogens is 390 g/mol. The first-order valence-electron chi connectivity index (χ1n) is 8.87. The van der Waals surface area contributed by atoms with E-state index in [0.717, 1.165) is 27.4 Å².